The molecule has 0 spiro atoms. The molecule has 0 aliphatic rings. The van der Waals surface area contributed by atoms with E-state index in [1.165, 1.54) is 22.2 Å². The van der Waals surface area contributed by atoms with Crippen molar-refractivity contribution in [2.45, 2.75) is 50.0 Å². The third-order valence-electron chi connectivity index (χ3n) is 3.08. The van der Waals surface area contributed by atoms with E-state index in [4.69, 9.17) is 5.73 Å². The van der Waals surface area contributed by atoms with E-state index >= 15 is 0 Å². The average molecular weight is 316 g/mol. The van der Waals surface area contributed by atoms with Crippen LogP contribution in [0.15, 0.2) is 33.6 Å². The van der Waals surface area contributed by atoms with Crippen molar-refractivity contribution in [1.82, 2.24) is 0 Å². The number of rotatable bonds is 7. The van der Waals surface area contributed by atoms with Gasteiger partial charge in [0.25, 0.3) is 0 Å². The molecule has 0 saturated heterocycles. The molecular formula is C14H22BrNS. The highest BCUT2D eigenvalue weighted by Gasteiger charge is 2.22. The Labute approximate surface area is 118 Å². The quantitative estimate of drug-likeness (QED) is 0.729. The van der Waals surface area contributed by atoms with E-state index in [-0.39, 0.29) is 5.54 Å². The Morgan fingerprint density at radius 2 is 2.00 bits per heavy atom. The number of halogens is 1. The summed E-state index contributed by atoms with van der Waals surface area (Å²) in [5.74, 6) is 0.992. The summed E-state index contributed by atoms with van der Waals surface area (Å²) in [5.41, 5.74) is 6.43. The summed E-state index contributed by atoms with van der Waals surface area (Å²) < 4.78 is 1.17. The fourth-order valence-electron chi connectivity index (χ4n) is 1.66. The van der Waals surface area contributed by atoms with Crippen LogP contribution in [0.4, 0.5) is 0 Å². The average Bonchev–Trinajstić information content (AvgIpc) is 2.35. The van der Waals surface area contributed by atoms with Crippen LogP contribution in [0.3, 0.4) is 0 Å². The summed E-state index contributed by atoms with van der Waals surface area (Å²) in [6.45, 7) is 4.41. The van der Waals surface area contributed by atoms with Crippen molar-refractivity contribution in [2.24, 2.45) is 5.73 Å². The smallest absolute Gasteiger partial charge is 0.0311 e. The number of unbranched alkanes of at least 4 members (excludes halogenated alkanes) is 1. The molecule has 17 heavy (non-hydrogen) atoms. The van der Waals surface area contributed by atoms with Gasteiger partial charge in [0.1, 0.15) is 0 Å². The summed E-state index contributed by atoms with van der Waals surface area (Å²) in [4.78, 5) is 1.28. The lowest BCUT2D eigenvalue weighted by Crippen LogP contribution is -2.41. The molecule has 0 aromatic heterocycles. The minimum Gasteiger partial charge on any atom is -0.324 e. The van der Waals surface area contributed by atoms with Crippen LogP contribution >= 0.6 is 27.7 Å². The lowest BCUT2D eigenvalue weighted by Gasteiger charge is -2.28. The summed E-state index contributed by atoms with van der Waals surface area (Å²) >= 11 is 5.43. The van der Waals surface area contributed by atoms with Crippen molar-refractivity contribution in [3.05, 3.63) is 28.7 Å². The maximum atomic E-state index is 6.45. The van der Waals surface area contributed by atoms with Crippen molar-refractivity contribution in [3.63, 3.8) is 0 Å². The van der Waals surface area contributed by atoms with E-state index in [9.17, 15) is 0 Å². The van der Waals surface area contributed by atoms with Gasteiger partial charge in [-0.1, -0.05) is 38.8 Å². The van der Waals surface area contributed by atoms with E-state index in [0.717, 1.165) is 18.6 Å². The predicted octanol–water partition coefficient (Wildman–Crippen LogP) is 4.84. The van der Waals surface area contributed by atoms with Crippen molar-refractivity contribution in [1.29, 1.82) is 0 Å². The monoisotopic (exact) mass is 315 g/mol. The molecule has 1 aromatic carbocycles. The number of benzene rings is 1. The lowest BCUT2D eigenvalue weighted by atomic mass is 9.93. The van der Waals surface area contributed by atoms with Crippen molar-refractivity contribution >= 4 is 27.7 Å². The summed E-state index contributed by atoms with van der Waals surface area (Å²) in [6.07, 6.45) is 4.61. The van der Waals surface area contributed by atoms with Gasteiger partial charge in [-0.3, -0.25) is 0 Å². The third-order valence-corrected chi connectivity index (χ3v) is 5.42. The Hall–Kier alpha value is 0.01000. The van der Waals surface area contributed by atoms with E-state index in [0.29, 0.717) is 0 Å². The van der Waals surface area contributed by atoms with Crippen LogP contribution in [0.1, 0.15) is 39.5 Å². The zero-order valence-electron chi connectivity index (χ0n) is 10.7. The highest BCUT2D eigenvalue weighted by atomic mass is 79.9. The van der Waals surface area contributed by atoms with Gasteiger partial charge < -0.3 is 5.73 Å². The number of hydrogen-bond acceptors (Lipinski definition) is 2. The molecule has 0 heterocycles. The fourth-order valence-corrected chi connectivity index (χ4v) is 3.46. The number of thioether (sulfide) groups is 1. The van der Waals surface area contributed by atoms with Crippen molar-refractivity contribution in [3.8, 4) is 0 Å². The first-order valence-corrected chi connectivity index (χ1v) is 8.05. The second-order valence-corrected chi connectivity index (χ2v) is 6.41. The lowest BCUT2D eigenvalue weighted by molar-refractivity contribution is 0.411. The molecule has 0 amide bonds. The fraction of sp³-hybridized carbons (Fsp3) is 0.571. The summed E-state index contributed by atoms with van der Waals surface area (Å²) in [6, 6.07) is 8.34. The minimum atomic E-state index is -0.0179. The van der Waals surface area contributed by atoms with Gasteiger partial charge in [-0.2, -0.15) is 0 Å². The van der Waals surface area contributed by atoms with Gasteiger partial charge >= 0.3 is 0 Å². The normalized spacial score (nSPS) is 14.6. The van der Waals surface area contributed by atoms with Crippen LogP contribution in [0.2, 0.25) is 0 Å². The van der Waals surface area contributed by atoms with Gasteiger partial charge in [-0.25, -0.2) is 0 Å². The van der Waals surface area contributed by atoms with Gasteiger partial charge in [0, 0.05) is 20.7 Å². The first kappa shape index (κ1) is 15.1. The van der Waals surface area contributed by atoms with Crippen LogP contribution in [0, 0.1) is 0 Å². The Morgan fingerprint density at radius 1 is 1.29 bits per heavy atom. The highest BCUT2D eigenvalue weighted by Crippen LogP contribution is 2.31. The topological polar surface area (TPSA) is 26.0 Å². The second kappa shape index (κ2) is 7.45. The number of nitrogens with two attached hydrogens (primary N) is 1. The van der Waals surface area contributed by atoms with Crippen molar-refractivity contribution < 1.29 is 0 Å². The number of hydrogen-bond donors (Lipinski definition) is 1. The molecule has 0 aliphatic heterocycles. The van der Waals surface area contributed by atoms with E-state index in [1.54, 1.807) is 0 Å². The maximum Gasteiger partial charge on any atom is 0.0311 e. The molecule has 0 fully saturated rings. The van der Waals surface area contributed by atoms with E-state index < -0.39 is 0 Å². The molecule has 1 rings (SSSR count). The van der Waals surface area contributed by atoms with Crippen molar-refractivity contribution in [2.75, 3.05) is 5.75 Å². The molecule has 1 aromatic rings. The third kappa shape index (κ3) is 5.02. The first-order valence-electron chi connectivity index (χ1n) is 6.27. The Morgan fingerprint density at radius 3 is 2.59 bits per heavy atom. The molecule has 0 radical (unpaired) electrons. The van der Waals surface area contributed by atoms with Gasteiger partial charge in [0.05, 0.1) is 0 Å². The van der Waals surface area contributed by atoms with Crippen LogP contribution in [0.5, 0.6) is 0 Å². The predicted molar refractivity (Wildman–Crippen MR) is 81.6 cm³/mol. The SMILES string of the molecule is CCCCC(N)(CC)CSc1ccccc1Br. The Bertz CT molecular complexity index is 343. The van der Waals surface area contributed by atoms with E-state index in [2.05, 4.69) is 48.0 Å². The molecular weight excluding hydrogens is 294 g/mol. The minimum absolute atomic E-state index is 0.0179. The van der Waals surface area contributed by atoms with E-state index in [1.807, 2.05) is 17.8 Å². The van der Waals surface area contributed by atoms with Crippen LogP contribution in [0.25, 0.3) is 0 Å². The summed E-state index contributed by atoms with van der Waals surface area (Å²) in [7, 11) is 0. The second-order valence-electron chi connectivity index (χ2n) is 4.54. The molecule has 1 atom stereocenters. The molecule has 0 bridgehead atoms. The molecule has 0 saturated carbocycles. The highest BCUT2D eigenvalue weighted by molar-refractivity contribution is 9.10. The molecule has 2 N–H and O–H groups in total. The van der Waals surface area contributed by atoms with Gasteiger partial charge in [-0.15, -0.1) is 11.8 Å². The Kier molecular flexibility index (Phi) is 6.60. The molecule has 1 unspecified atom stereocenters. The molecule has 3 heteroatoms. The van der Waals surface area contributed by atoms with Gasteiger partial charge in [0.2, 0.25) is 0 Å². The Balaban J connectivity index is 2.55. The zero-order valence-corrected chi connectivity index (χ0v) is 13.1. The van der Waals surface area contributed by atoms with Crippen LogP contribution in [-0.4, -0.2) is 11.3 Å². The first-order chi connectivity index (χ1) is 8.11. The maximum absolute atomic E-state index is 6.45. The zero-order chi connectivity index (χ0) is 12.7. The summed E-state index contributed by atoms with van der Waals surface area (Å²) in [5, 5.41) is 0. The van der Waals surface area contributed by atoms with Gasteiger partial charge in [0.15, 0.2) is 0 Å². The largest absolute Gasteiger partial charge is 0.324 e. The standard InChI is InChI=1S/C14H22BrNS/c1-3-5-10-14(16,4-2)11-17-13-9-7-6-8-12(13)15/h6-9H,3-5,10-11,16H2,1-2H3. The van der Waals surface area contributed by atoms with Crippen LogP contribution < -0.4 is 5.73 Å². The molecule has 96 valence electrons. The molecule has 0 aliphatic carbocycles. The van der Waals surface area contributed by atoms with Gasteiger partial charge in [-0.05, 0) is 40.9 Å². The molecule has 1 nitrogen and oxygen atoms in total. The van der Waals surface area contributed by atoms with Crippen LogP contribution in [-0.2, 0) is 0 Å².